The second kappa shape index (κ2) is 5.58. The predicted octanol–water partition coefficient (Wildman–Crippen LogP) is 3.65. The maximum atomic E-state index is 12.5. The van der Waals surface area contributed by atoms with E-state index in [0.29, 0.717) is 27.5 Å². The highest BCUT2D eigenvalue weighted by Gasteiger charge is 2.19. The standard InChI is InChI=1S/C15H17ClN2O2S/c1-9-7-8-13(11(3)15(9)17)18-21(19,20)14-6-4-5-12(16)10(14)2/h4-8,18H,17H2,1-3H3. The molecule has 2 rings (SSSR count). The van der Waals surface area contributed by atoms with Crippen molar-refractivity contribution in [3.05, 3.63) is 52.0 Å². The third-order valence-electron chi connectivity index (χ3n) is 3.48. The summed E-state index contributed by atoms with van der Waals surface area (Å²) in [6.07, 6.45) is 0. The summed E-state index contributed by atoms with van der Waals surface area (Å²) in [4.78, 5) is 0.161. The van der Waals surface area contributed by atoms with Gasteiger partial charge in [0.1, 0.15) is 0 Å². The first-order valence-corrected chi connectivity index (χ1v) is 8.24. The Labute approximate surface area is 130 Å². The minimum absolute atomic E-state index is 0.161. The zero-order valence-corrected chi connectivity index (χ0v) is 13.6. The lowest BCUT2D eigenvalue weighted by Gasteiger charge is -2.15. The summed E-state index contributed by atoms with van der Waals surface area (Å²) in [5, 5.41) is 0.415. The van der Waals surface area contributed by atoms with Crippen LogP contribution in [0.3, 0.4) is 0 Å². The van der Waals surface area contributed by atoms with Crippen LogP contribution < -0.4 is 10.5 Å². The molecular formula is C15H17ClN2O2S. The molecule has 0 heterocycles. The van der Waals surface area contributed by atoms with E-state index in [1.807, 2.05) is 6.92 Å². The minimum Gasteiger partial charge on any atom is -0.398 e. The summed E-state index contributed by atoms with van der Waals surface area (Å²) >= 11 is 5.99. The molecule has 0 fully saturated rings. The fourth-order valence-electron chi connectivity index (χ4n) is 2.05. The Hall–Kier alpha value is -1.72. The largest absolute Gasteiger partial charge is 0.398 e. The second-order valence-electron chi connectivity index (χ2n) is 4.94. The van der Waals surface area contributed by atoms with Crippen LogP contribution >= 0.6 is 11.6 Å². The lowest BCUT2D eigenvalue weighted by Crippen LogP contribution is -2.15. The second-order valence-corrected chi connectivity index (χ2v) is 7.00. The van der Waals surface area contributed by atoms with Gasteiger partial charge in [0.15, 0.2) is 0 Å². The van der Waals surface area contributed by atoms with E-state index in [9.17, 15) is 8.42 Å². The molecule has 0 atom stereocenters. The van der Waals surface area contributed by atoms with Crippen LogP contribution in [-0.4, -0.2) is 8.42 Å². The highest BCUT2D eigenvalue weighted by molar-refractivity contribution is 7.92. The topological polar surface area (TPSA) is 72.2 Å². The van der Waals surface area contributed by atoms with Crippen LogP contribution in [0.25, 0.3) is 0 Å². The molecule has 2 aromatic rings. The lowest BCUT2D eigenvalue weighted by molar-refractivity contribution is 0.600. The Balaban J connectivity index is 2.48. The van der Waals surface area contributed by atoms with Crippen molar-refractivity contribution in [3.8, 4) is 0 Å². The van der Waals surface area contributed by atoms with E-state index in [1.54, 1.807) is 38.1 Å². The number of benzene rings is 2. The van der Waals surface area contributed by atoms with Crippen molar-refractivity contribution in [1.82, 2.24) is 0 Å². The average Bonchev–Trinajstić information content (AvgIpc) is 2.42. The highest BCUT2D eigenvalue weighted by atomic mass is 35.5. The van der Waals surface area contributed by atoms with Crippen LogP contribution in [0.1, 0.15) is 16.7 Å². The minimum atomic E-state index is -3.71. The number of nitrogens with two attached hydrogens (primary N) is 1. The van der Waals surface area contributed by atoms with E-state index in [1.165, 1.54) is 6.07 Å². The molecule has 3 N–H and O–H groups in total. The van der Waals surface area contributed by atoms with Gasteiger partial charge in [0, 0.05) is 10.7 Å². The molecule has 0 aliphatic carbocycles. The number of hydrogen-bond donors (Lipinski definition) is 2. The SMILES string of the molecule is Cc1ccc(NS(=O)(=O)c2cccc(Cl)c2C)c(C)c1N. The van der Waals surface area contributed by atoms with Crippen LogP contribution in [-0.2, 0) is 10.0 Å². The maximum Gasteiger partial charge on any atom is 0.262 e. The van der Waals surface area contributed by atoms with Gasteiger partial charge in [0.25, 0.3) is 10.0 Å². The number of aryl methyl sites for hydroxylation is 1. The predicted molar refractivity (Wildman–Crippen MR) is 87.3 cm³/mol. The number of hydrogen-bond acceptors (Lipinski definition) is 3. The molecule has 0 amide bonds. The van der Waals surface area contributed by atoms with Gasteiger partial charge in [-0.1, -0.05) is 23.7 Å². The van der Waals surface area contributed by atoms with Crippen LogP contribution in [0.5, 0.6) is 0 Å². The quantitative estimate of drug-likeness (QED) is 0.846. The van der Waals surface area contributed by atoms with Crippen LogP contribution in [0.15, 0.2) is 35.2 Å². The molecule has 0 spiro atoms. The van der Waals surface area contributed by atoms with E-state index in [2.05, 4.69) is 4.72 Å². The summed E-state index contributed by atoms with van der Waals surface area (Å²) in [5.41, 5.74) is 9.13. The van der Waals surface area contributed by atoms with Crippen LogP contribution in [0.2, 0.25) is 5.02 Å². The van der Waals surface area contributed by atoms with Crippen molar-refractivity contribution >= 4 is 33.0 Å². The zero-order valence-electron chi connectivity index (χ0n) is 12.1. The summed E-state index contributed by atoms with van der Waals surface area (Å²) < 4.78 is 27.6. The number of anilines is 2. The average molecular weight is 325 g/mol. The van der Waals surface area contributed by atoms with Crippen molar-refractivity contribution in [3.63, 3.8) is 0 Å². The molecule has 4 nitrogen and oxygen atoms in total. The van der Waals surface area contributed by atoms with Gasteiger partial charge in [-0.3, -0.25) is 4.72 Å². The van der Waals surface area contributed by atoms with Gasteiger partial charge < -0.3 is 5.73 Å². The van der Waals surface area contributed by atoms with Crippen molar-refractivity contribution in [2.45, 2.75) is 25.7 Å². The molecule has 0 saturated carbocycles. The fraction of sp³-hybridized carbons (Fsp3) is 0.200. The number of sulfonamides is 1. The Morgan fingerprint density at radius 2 is 1.71 bits per heavy atom. The molecular weight excluding hydrogens is 308 g/mol. The van der Waals surface area contributed by atoms with Gasteiger partial charge >= 0.3 is 0 Å². The van der Waals surface area contributed by atoms with Gasteiger partial charge in [0.05, 0.1) is 10.6 Å². The molecule has 0 aliphatic heterocycles. The monoisotopic (exact) mass is 324 g/mol. The molecule has 6 heteroatoms. The Morgan fingerprint density at radius 3 is 2.38 bits per heavy atom. The zero-order chi connectivity index (χ0) is 15.8. The van der Waals surface area contributed by atoms with E-state index in [-0.39, 0.29) is 4.90 Å². The molecule has 0 saturated heterocycles. The van der Waals surface area contributed by atoms with Gasteiger partial charge in [-0.25, -0.2) is 8.42 Å². The first-order chi connectivity index (χ1) is 9.74. The number of nitrogen functional groups attached to an aromatic ring is 1. The van der Waals surface area contributed by atoms with Crippen molar-refractivity contribution in [2.24, 2.45) is 0 Å². The molecule has 21 heavy (non-hydrogen) atoms. The highest BCUT2D eigenvalue weighted by Crippen LogP contribution is 2.28. The number of nitrogens with one attached hydrogen (secondary N) is 1. The van der Waals surface area contributed by atoms with E-state index in [0.717, 1.165) is 5.56 Å². The first kappa shape index (κ1) is 15.7. The van der Waals surface area contributed by atoms with E-state index >= 15 is 0 Å². The third-order valence-corrected chi connectivity index (χ3v) is 5.40. The van der Waals surface area contributed by atoms with Gasteiger partial charge in [-0.05, 0) is 55.7 Å². The summed E-state index contributed by atoms with van der Waals surface area (Å²) in [6, 6.07) is 8.28. The molecule has 0 bridgehead atoms. The number of rotatable bonds is 3. The van der Waals surface area contributed by atoms with Gasteiger partial charge in [-0.15, -0.1) is 0 Å². The van der Waals surface area contributed by atoms with Crippen molar-refractivity contribution < 1.29 is 8.42 Å². The Bertz CT molecular complexity index is 802. The van der Waals surface area contributed by atoms with Crippen LogP contribution in [0.4, 0.5) is 11.4 Å². The van der Waals surface area contributed by atoms with Crippen LogP contribution in [0, 0.1) is 20.8 Å². The molecule has 0 radical (unpaired) electrons. The molecule has 0 aromatic heterocycles. The molecule has 0 aliphatic rings. The van der Waals surface area contributed by atoms with E-state index in [4.69, 9.17) is 17.3 Å². The molecule has 2 aromatic carbocycles. The van der Waals surface area contributed by atoms with Gasteiger partial charge in [-0.2, -0.15) is 0 Å². The fourth-order valence-corrected chi connectivity index (χ4v) is 3.68. The normalized spacial score (nSPS) is 11.4. The van der Waals surface area contributed by atoms with Crippen molar-refractivity contribution in [1.29, 1.82) is 0 Å². The molecule has 0 unspecified atom stereocenters. The Kier molecular flexibility index (Phi) is 4.16. The van der Waals surface area contributed by atoms with E-state index < -0.39 is 10.0 Å². The third kappa shape index (κ3) is 2.99. The summed E-state index contributed by atoms with van der Waals surface area (Å²) in [6.45, 7) is 5.33. The van der Waals surface area contributed by atoms with Gasteiger partial charge in [0.2, 0.25) is 0 Å². The smallest absolute Gasteiger partial charge is 0.262 e. The lowest BCUT2D eigenvalue weighted by atomic mass is 10.1. The first-order valence-electron chi connectivity index (χ1n) is 6.37. The Morgan fingerprint density at radius 1 is 1.05 bits per heavy atom. The maximum absolute atomic E-state index is 12.5. The summed E-state index contributed by atoms with van der Waals surface area (Å²) in [5.74, 6) is 0. The summed E-state index contributed by atoms with van der Waals surface area (Å²) in [7, 11) is -3.71. The number of halogens is 1. The molecule has 112 valence electrons. The van der Waals surface area contributed by atoms with Crippen molar-refractivity contribution in [2.75, 3.05) is 10.5 Å².